The zero-order valence-corrected chi connectivity index (χ0v) is 24.3. The lowest BCUT2D eigenvalue weighted by molar-refractivity contribution is 0.400. The minimum Gasteiger partial charge on any atom is -0.481 e. The van der Waals surface area contributed by atoms with Crippen molar-refractivity contribution in [2.45, 2.75) is 67.2 Å². The molecule has 0 saturated carbocycles. The fourth-order valence-corrected chi connectivity index (χ4v) is 5.04. The minimum atomic E-state index is 0.117. The molecule has 0 spiro atoms. The smallest absolute Gasteiger partial charge is 0.214 e. The van der Waals surface area contributed by atoms with Crippen LogP contribution in [0.5, 0.6) is 5.88 Å². The van der Waals surface area contributed by atoms with E-state index in [0.29, 0.717) is 5.88 Å². The molecule has 0 fully saturated rings. The molecule has 0 N–H and O–H groups in total. The Kier molecular flexibility index (Phi) is 10.4. The number of aromatic nitrogens is 1. The highest BCUT2D eigenvalue weighted by Crippen LogP contribution is 2.38. The average Bonchev–Trinajstić information content (AvgIpc) is 2.98. The Morgan fingerprint density at radius 2 is 1.66 bits per heavy atom. The number of nitrogens with zero attached hydrogens (tertiary/aromatic N) is 2. The second-order valence-corrected chi connectivity index (χ2v) is 9.09. The third-order valence-electron chi connectivity index (χ3n) is 6.86. The number of fused-ring (bicyclic) bond motifs is 6. The van der Waals surface area contributed by atoms with Crippen LogP contribution in [0.4, 0.5) is 0 Å². The van der Waals surface area contributed by atoms with Gasteiger partial charge in [0.1, 0.15) is 0 Å². The van der Waals surface area contributed by atoms with Crippen molar-refractivity contribution in [3.63, 3.8) is 0 Å². The number of allylic oxidation sites excluding steroid dienone is 1. The van der Waals surface area contributed by atoms with E-state index in [9.17, 15) is 0 Å². The highest BCUT2D eigenvalue weighted by molar-refractivity contribution is 5.96. The lowest BCUT2D eigenvalue weighted by Crippen LogP contribution is -2.05. The van der Waals surface area contributed by atoms with Crippen LogP contribution in [0.1, 0.15) is 75.3 Å². The SMILES string of the molecule is CC.CC.CC=N/C=C(\C)C1c2ccc(C)c(c2)CCc2cccc(c2)-c2cc(OC)nc3ccc1cc23. The standard InChI is InChI=1S/C31H30N2O.2C2H6/c1-5-32-19-21(3)31-25-11-9-20(2)23(16-25)12-10-22-7-6-8-24(15-22)27-18-30(34-4)33-29-14-13-26(31)17-28(27)29;2*1-2/h5-9,11,13-19,31H,10,12H2,1-4H3;2*1-2H3/b21-19+,32-5?;;. The molecule has 0 amide bonds. The summed E-state index contributed by atoms with van der Waals surface area (Å²) in [6, 6.07) is 24.5. The van der Waals surface area contributed by atoms with Gasteiger partial charge in [0.25, 0.3) is 0 Å². The van der Waals surface area contributed by atoms with Crippen molar-refractivity contribution < 1.29 is 4.74 Å². The molecule has 1 aliphatic carbocycles. The molecule has 3 heteroatoms. The molecule has 0 saturated heterocycles. The summed E-state index contributed by atoms with van der Waals surface area (Å²) >= 11 is 0. The van der Waals surface area contributed by atoms with Crippen molar-refractivity contribution in [2.24, 2.45) is 4.99 Å². The molecular formula is C35H42N2O. The first-order chi connectivity index (χ1) is 18.6. The summed E-state index contributed by atoms with van der Waals surface area (Å²) in [6.45, 7) is 14.3. The van der Waals surface area contributed by atoms with Crippen molar-refractivity contribution in [3.8, 4) is 17.0 Å². The van der Waals surface area contributed by atoms with E-state index in [1.165, 1.54) is 39.0 Å². The number of methoxy groups -OCH3 is 1. The highest BCUT2D eigenvalue weighted by atomic mass is 16.5. The van der Waals surface area contributed by atoms with Crippen molar-refractivity contribution in [1.29, 1.82) is 0 Å². The predicted octanol–water partition coefficient (Wildman–Crippen LogP) is 9.50. The van der Waals surface area contributed by atoms with Gasteiger partial charge < -0.3 is 4.74 Å². The summed E-state index contributed by atoms with van der Waals surface area (Å²) in [5.41, 5.74) is 11.1. The summed E-state index contributed by atoms with van der Waals surface area (Å²) in [4.78, 5) is 9.20. The van der Waals surface area contributed by atoms with Crippen LogP contribution >= 0.6 is 0 Å². The molecule has 1 unspecified atom stereocenters. The van der Waals surface area contributed by atoms with Gasteiger partial charge in [-0.05, 0) is 90.3 Å². The zero-order chi connectivity index (χ0) is 27.7. The van der Waals surface area contributed by atoms with E-state index in [2.05, 4.69) is 85.6 Å². The van der Waals surface area contributed by atoms with Gasteiger partial charge in [-0.15, -0.1) is 0 Å². The number of hydrogen-bond donors (Lipinski definition) is 0. The van der Waals surface area contributed by atoms with Crippen LogP contribution in [-0.2, 0) is 12.8 Å². The van der Waals surface area contributed by atoms with E-state index in [-0.39, 0.29) is 5.92 Å². The molecule has 1 aliphatic rings. The largest absolute Gasteiger partial charge is 0.481 e. The van der Waals surface area contributed by atoms with Crippen molar-refractivity contribution in [2.75, 3.05) is 7.11 Å². The first-order valence-electron chi connectivity index (χ1n) is 13.9. The number of pyridine rings is 1. The third-order valence-corrected chi connectivity index (χ3v) is 6.86. The van der Waals surface area contributed by atoms with Gasteiger partial charge in [-0.2, -0.15) is 0 Å². The quantitative estimate of drug-likeness (QED) is 0.259. The van der Waals surface area contributed by atoms with Gasteiger partial charge in [0, 0.05) is 29.8 Å². The summed E-state index contributed by atoms with van der Waals surface area (Å²) in [5.74, 6) is 0.753. The molecule has 1 heterocycles. The first-order valence-corrected chi connectivity index (χ1v) is 13.9. The number of ether oxygens (including phenoxy) is 1. The molecule has 3 nitrogen and oxygen atoms in total. The Morgan fingerprint density at radius 1 is 0.921 bits per heavy atom. The maximum absolute atomic E-state index is 5.56. The molecule has 198 valence electrons. The topological polar surface area (TPSA) is 34.5 Å². The first kappa shape index (κ1) is 28.8. The van der Waals surface area contributed by atoms with E-state index in [0.717, 1.165) is 29.3 Å². The molecule has 3 aromatic carbocycles. The normalized spacial score (nSPS) is 14.4. The van der Waals surface area contributed by atoms with Crippen LogP contribution in [0.3, 0.4) is 0 Å². The Hall–Kier alpha value is -3.72. The molecule has 1 atom stereocenters. The van der Waals surface area contributed by atoms with Crippen molar-refractivity contribution in [1.82, 2.24) is 4.98 Å². The second kappa shape index (κ2) is 13.7. The predicted molar refractivity (Wildman–Crippen MR) is 165 cm³/mol. The van der Waals surface area contributed by atoms with E-state index < -0.39 is 0 Å². The van der Waals surface area contributed by atoms with Gasteiger partial charge in [-0.25, -0.2) is 4.98 Å². The Labute approximate surface area is 229 Å². The second-order valence-electron chi connectivity index (χ2n) is 9.09. The number of aliphatic imine (C=N–C) groups is 1. The van der Waals surface area contributed by atoms with Gasteiger partial charge in [0.2, 0.25) is 5.88 Å². The zero-order valence-electron chi connectivity index (χ0n) is 24.3. The van der Waals surface area contributed by atoms with E-state index in [4.69, 9.17) is 9.72 Å². The van der Waals surface area contributed by atoms with Crippen LogP contribution in [0.2, 0.25) is 0 Å². The molecule has 6 bridgehead atoms. The molecule has 1 aromatic heterocycles. The van der Waals surface area contributed by atoms with Crippen molar-refractivity contribution in [3.05, 3.63) is 106 Å². The highest BCUT2D eigenvalue weighted by Gasteiger charge is 2.20. The minimum absolute atomic E-state index is 0.117. The lowest BCUT2D eigenvalue weighted by atomic mass is 9.83. The summed E-state index contributed by atoms with van der Waals surface area (Å²) in [5, 5.41) is 1.14. The molecule has 0 aliphatic heterocycles. The molecule has 38 heavy (non-hydrogen) atoms. The number of benzene rings is 3. The van der Waals surface area contributed by atoms with Crippen LogP contribution in [0, 0.1) is 6.92 Å². The maximum Gasteiger partial charge on any atom is 0.214 e. The molecular weight excluding hydrogens is 464 g/mol. The fraction of sp³-hybridized carbons (Fsp3) is 0.314. The monoisotopic (exact) mass is 506 g/mol. The van der Waals surface area contributed by atoms with E-state index >= 15 is 0 Å². The van der Waals surface area contributed by atoms with Crippen LogP contribution in [-0.4, -0.2) is 18.3 Å². The average molecular weight is 507 g/mol. The van der Waals surface area contributed by atoms with Crippen LogP contribution in [0.15, 0.2) is 83.5 Å². The van der Waals surface area contributed by atoms with Crippen LogP contribution < -0.4 is 4.74 Å². The van der Waals surface area contributed by atoms with Gasteiger partial charge in [-0.3, -0.25) is 4.99 Å². The fourth-order valence-electron chi connectivity index (χ4n) is 5.04. The number of hydrogen-bond acceptors (Lipinski definition) is 3. The summed E-state index contributed by atoms with van der Waals surface area (Å²) in [6.07, 6.45) is 5.84. The number of rotatable bonds is 3. The van der Waals surface area contributed by atoms with Gasteiger partial charge in [0.05, 0.1) is 12.6 Å². The maximum atomic E-state index is 5.56. The van der Waals surface area contributed by atoms with Crippen molar-refractivity contribution >= 4 is 17.1 Å². The van der Waals surface area contributed by atoms with Gasteiger partial charge >= 0.3 is 0 Å². The summed E-state index contributed by atoms with van der Waals surface area (Å²) < 4.78 is 5.56. The molecule has 0 radical (unpaired) electrons. The van der Waals surface area contributed by atoms with E-state index in [1.54, 1.807) is 7.11 Å². The Morgan fingerprint density at radius 3 is 2.39 bits per heavy atom. The Bertz CT molecular complexity index is 1430. The van der Waals surface area contributed by atoms with Gasteiger partial charge in [0.15, 0.2) is 0 Å². The molecule has 4 aromatic rings. The van der Waals surface area contributed by atoms with Gasteiger partial charge in [-0.1, -0.05) is 76.2 Å². The van der Waals surface area contributed by atoms with E-state index in [1.807, 2.05) is 47.0 Å². The third kappa shape index (κ3) is 6.22. The lowest BCUT2D eigenvalue weighted by Gasteiger charge is -2.21. The van der Waals surface area contributed by atoms with Crippen LogP contribution in [0.25, 0.3) is 22.0 Å². The Balaban J connectivity index is 0.000000956. The number of aryl methyl sites for hydroxylation is 3. The summed E-state index contributed by atoms with van der Waals surface area (Å²) in [7, 11) is 1.68. The molecule has 5 rings (SSSR count).